The van der Waals surface area contributed by atoms with Gasteiger partial charge in [-0.3, -0.25) is 4.90 Å². The van der Waals surface area contributed by atoms with Gasteiger partial charge in [0.05, 0.1) is 13.7 Å². The monoisotopic (exact) mass is 250 g/mol. The number of hydrogen-bond acceptors (Lipinski definition) is 4. The number of nitrogens with two attached hydrogens (primary N) is 1. The number of methoxy groups -OCH3 is 2. The average Bonchev–Trinajstić information content (AvgIpc) is 2.73. The maximum atomic E-state index is 6.35. The van der Waals surface area contributed by atoms with Crippen molar-refractivity contribution < 1.29 is 9.47 Å². The molecule has 0 fully saturated rings. The third-order valence-electron chi connectivity index (χ3n) is 3.77. The Hall–Kier alpha value is -1.10. The highest BCUT2D eigenvalue weighted by molar-refractivity contribution is 5.42. The highest BCUT2D eigenvalue weighted by atomic mass is 16.5. The van der Waals surface area contributed by atoms with E-state index in [9.17, 15) is 0 Å². The van der Waals surface area contributed by atoms with Crippen LogP contribution in [-0.2, 0) is 11.2 Å². The molecular weight excluding hydrogens is 228 g/mol. The van der Waals surface area contributed by atoms with Gasteiger partial charge < -0.3 is 15.2 Å². The first-order valence-electron chi connectivity index (χ1n) is 6.29. The van der Waals surface area contributed by atoms with E-state index in [0.29, 0.717) is 6.04 Å². The number of nitrogens with zero attached hydrogens (tertiary/aromatic N) is 1. The Balaban J connectivity index is 2.12. The van der Waals surface area contributed by atoms with Crippen LogP contribution in [-0.4, -0.2) is 45.4 Å². The normalized spacial score (nSPS) is 22.3. The predicted molar refractivity (Wildman–Crippen MR) is 71.9 cm³/mol. The van der Waals surface area contributed by atoms with Crippen LogP contribution < -0.4 is 10.5 Å². The van der Waals surface area contributed by atoms with Crippen molar-refractivity contribution in [3.8, 4) is 5.75 Å². The van der Waals surface area contributed by atoms with Gasteiger partial charge in [-0.25, -0.2) is 0 Å². The van der Waals surface area contributed by atoms with Gasteiger partial charge in [0.1, 0.15) is 5.75 Å². The fourth-order valence-corrected chi connectivity index (χ4v) is 2.59. The molecule has 2 unspecified atom stereocenters. The summed E-state index contributed by atoms with van der Waals surface area (Å²) in [5.74, 6) is 0.879. The van der Waals surface area contributed by atoms with E-state index in [2.05, 4.69) is 24.1 Å². The summed E-state index contributed by atoms with van der Waals surface area (Å²) in [6, 6.07) is 6.59. The number of fused-ring (bicyclic) bond motifs is 1. The van der Waals surface area contributed by atoms with E-state index < -0.39 is 0 Å². The van der Waals surface area contributed by atoms with E-state index in [1.54, 1.807) is 14.2 Å². The van der Waals surface area contributed by atoms with Gasteiger partial charge in [-0.1, -0.05) is 6.07 Å². The molecule has 0 radical (unpaired) electrons. The molecule has 0 spiro atoms. The lowest BCUT2D eigenvalue weighted by atomic mass is 10.1. The van der Waals surface area contributed by atoms with Crippen LogP contribution in [0.1, 0.15) is 17.2 Å². The average molecular weight is 250 g/mol. The van der Waals surface area contributed by atoms with Crippen molar-refractivity contribution in [3.05, 3.63) is 29.3 Å². The Morgan fingerprint density at radius 1 is 1.39 bits per heavy atom. The number of hydrogen-bond donors (Lipinski definition) is 1. The van der Waals surface area contributed by atoms with E-state index >= 15 is 0 Å². The fraction of sp³-hybridized carbons (Fsp3) is 0.571. The minimum absolute atomic E-state index is 0.0527. The summed E-state index contributed by atoms with van der Waals surface area (Å²) in [7, 11) is 5.51. The molecular formula is C14H22N2O2. The molecule has 18 heavy (non-hydrogen) atoms. The first-order valence-corrected chi connectivity index (χ1v) is 6.29. The van der Waals surface area contributed by atoms with Crippen LogP contribution in [0.25, 0.3) is 0 Å². The molecule has 1 aromatic carbocycles. The highest BCUT2D eigenvalue weighted by Gasteiger charge is 2.32. The second-order valence-electron chi connectivity index (χ2n) is 4.84. The molecule has 0 aliphatic heterocycles. The zero-order valence-electron chi connectivity index (χ0n) is 11.3. The Morgan fingerprint density at radius 3 is 2.83 bits per heavy atom. The topological polar surface area (TPSA) is 47.7 Å². The summed E-state index contributed by atoms with van der Waals surface area (Å²) in [5, 5.41) is 0. The molecule has 0 heterocycles. The summed E-state index contributed by atoms with van der Waals surface area (Å²) in [6.45, 7) is 1.64. The molecule has 0 saturated heterocycles. The van der Waals surface area contributed by atoms with E-state index in [0.717, 1.165) is 25.3 Å². The maximum absolute atomic E-state index is 6.35. The summed E-state index contributed by atoms with van der Waals surface area (Å²) in [4.78, 5) is 2.28. The minimum atomic E-state index is 0.0527. The molecule has 2 rings (SSSR count). The standard InChI is InChI=1S/C14H22N2O2/c1-16(6-7-17-2)13-8-10-4-5-11(18-3)9-12(10)14(13)15/h4-5,9,13-14H,6-8,15H2,1-3H3. The summed E-state index contributed by atoms with van der Waals surface area (Å²) in [6.07, 6.45) is 1.00. The molecule has 0 bridgehead atoms. The highest BCUT2D eigenvalue weighted by Crippen LogP contribution is 2.34. The zero-order chi connectivity index (χ0) is 13.1. The maximum Gasteiger partial charge on any atom is 0.119 e. The van der Waals surface area contributed by atoms with Crippen molar-refractivity contribution in [2.75, 3.05) is 34.4 Å². The Kier molecular flexibility index (Phi) is 4.22. The zero-order valence-corrected chi connectivity index (χ0v) is 11.3. The Labute approximate surface area is 109 Å². The van der Waals surface area contributed by atoms with Gasteiger partial charge in [0.25, 0.3) is 0 Å². The van der Waals surface area contributed by atoms with Crippen molar-refractivity contribution >= 4 is 0 Å². The van der Waals surface area contributed by atoms with Gasteiger partial charge >= 0.3 is 0 Å². The number of likely N-dealkylation sites (N-methyl/N-ethyl adjacent to an activating group) is 1. The second kappa shape index (κ2) is 5.69. The smallest absolute Gasteiger partial charge is 0.119 e. The van der Waals surface area contributed by atoms with E-state index in [4.69, 9.17) is 15.2 Å². The first kappa shape index (κ1) is 13.3. The second-order valence-corrected chi connectivity index (χ2v) is 4.84. The molecule has 100 valence electrons. The largest absolute Gasteiger partial charge is 0.497 e. The first-order chi connectivity index (χ1) is 8.67. The molecule has 1 aliphatic carbocycles. The summed E-state index contributed by atoms with van der Waals surface area (Å²) < 4.78 is 10.4. The summed E-state index contributed by atoms with van der Waals surface area (Å²) in [5.41, 5.74) is 8.89. The molecule has 2 N–H and O–H groups in total. The van der Waals surface area contributed by atoms with Crippen LogP contribution in [0.5, 0.6) is 5.75 Å². The molecule has 4 heteroatoms. The lowest BCUT2D eigenvalue weighted by Crippen LogP contribution is -2.40. The van der Waals surface area contributed by atoms with Crippen LogP contribution in [0, 0.1) is 0 Å². The Bertz CT molecular complexity index is 409. The van der Waals surface area contributed by atoms with Gasteiger partial charge in [0.15, 0.2) is 0 Å². The van der Waals surface area contributed by atoms with Crippen LogP contribution in [0.4, 0.5) is 0 Å². The van der Waals surface area contributed by atoms with E-state index in [1.807, 2.05) is 6.07 Å². The van der Waals surface area contributed by atoms with Crippen LogP contribution in [0.15, 0.2) is 18.2 Å². The van der Waals surface area contributed by atoms with Crippen LogP contribution >= 0.6 is 0 Å². The van der Waals surface area contributed by atoms with Crippen molar-refractivity contribution in [1.82, 2.24) is 4.90 Å². The molecule has 1 aliphatic rings. The fourth-order valence-electron chi connectivity index (χ4n) is 2.59. The number of rotatable bonds is 5. The lowest BCUT2D eigenvalue weighted by Gasteiger charge is -2.27. The molecule has 1 aromatic rings. The van der Waals surface area contributed by atoms with Gasteiger partial charge in [0, 0.05) is 25.7 Å². The van der Waals surface area contributed by atoms with Crippen molar-refractivity contribution in [2.45, 2.75) is 18.5 Å². The van der Waals surface area contributed by atoms with E-state index in [1.165, 1.54) is 11.1 Å². The lowest BCUT2D eigenvalue weighted by molar-refractivity contribution is 0.133. The van der Waals surface area contributed by atoms with Gasteiger partial charge in [-0.15, -0.1) is 0 Å². The molecule has 4 nitrogen and oxygen atoms in total. The minimum Gasteiger partial charge on any atom is -0.497 e. The molecule has 0 aromatic heterocycles. The van der Waals surface area contributed by atoms with Crippen molar-refractivity contribution in [1.29, 1.82) is 0 Å². The van der Waals surface area contributed by atoms with Crippen molar-refractivity contribution in [3.63, 3.8) is 0 Å². The van der Waals surface area contributed by atoms with Gasteiger partial charge in [-0.05, 0) is 36.7 Å². The molecule has 2 atom stereocenters. The van der Waals surface area contributed by atoms with Gasteiger partial charge in [0.2, 0.25) is 0 Å². The molecule has 0 amide bonds. The Morgan fingerprint density at radius 2 is 2.17 bits per heavy atom. The number of benzene rings is 1. The third-order valence-corrected chi connectivity index (χ3v) is 3.77. The van der Waals surface area contributed by atoms with Crippen LogP contribution in [0.2, 0.25) is 0 Å². The van der Waals surface area contributed by atoms with Crippen LogP contribution in [0.3, 0.4) is 0 Å². The third kappa shape index (κ3) is 2.51. The summed E-state index contributed by atoms with van der Waals surface area (Å²) >= 11 is 0. The van der Waals surface area contributed by atoms with Crippen molar-refractivity contribution in [2.24, 2.45) is 5.73 Å². The van der Waals surface area contributed by atoms with Gasteiger partial charge in [-0.2, -0.15) is 0 Å². The SMILES string of the molecule is COCCN(C)C1Cc2ccc(OC)cc2C1N. The quantitative estimate of drug-likeness (QED) is 0.853. The predicted octanol–water partition coefficient (Wildman–Crippen LogP) is 1.20. The molecule has 0 saturated carbocycles. The number of ether oxygens (including phenoxy) is 2. The van der Waals surface area contributed by atoms with E-state index in [-0.39, 0.29) is 6.04 Å².